The van der Waals surface area contributed by atoms with Gasteiger partial charge in [0.05, 0.1) is 0 Å². The lowest BCUT2D eigenvalue weighted by atomic mass is 9.84. The van der Waals surface area contributed by atoms with Crippen molar-refractivity contribution in [1.82, 2.24) is 9.97 Å². The molecule has 1 aromatic rings. The van der Waals surface area contributed by atoms with Gasteiger partial charge in [-0.15, -0.1) is 0 Å². The Hall–Kier alpha value is -0.970. The molecule has 0 amide bonds. The molecule has 94 valence electrons. The highest BCUT2D eigenvalue weighted by Crippen LogP contribution is 2.42. The number of nitrogens with zero attached hydrogens (tertiary/aromatic N) is 2. The van der Waals surface area contributed by atoms with Crippen LogP contribution in [0.15, 0.2) is 12.4 Å². The molecule has 0 radical (unpaired) electrons. The summed E-state index contributed by atoms with van der Waals surface area (Å²) in [7, 11) is 0. The highest BCUT2D eigenvalue weighted by atomic mass is 32.2. The standard InChI is InChI=1S/C12H20N4S/c1-3-13-10-7-11(16-9-15-10)14-8-12(17-2)5-4-6-12/h7,9H,3-6,8H2,1-2H3,(H2,13,14,15,16). The average molecular weight is 252 g/mol. The molecule has 2 rings (SSSR count). The molecule has 1 saturated carbocycles. The maximum Gasteiger partial charge on any atom is 0.131 e. The summed E-state index contributed by atoms with van der Waals surface area (Å²) >= 11 is 1.97. The molecule has 1 aliphatic carbocycles. The molecule has 0 aliphatic heterocycles. The van der Waals surface area contributed by atoms with Crippen LogP contribution in [0, 0.1) is 0 Å². The van der Waals surface area contributed by atoms with Gasteiger partial charge in [-0.25, -0.2) is 9.97 Å². The molecule has 1 aromatic heterocycles. The van der Waals surface area contributed by atoms with Crippen molar-refractivity contribution in [3.8, 4) is 0 Å². The van der Waals surface area contributed by atoms with E-state index < -0.39 is 0 Å². The number of rotatable bonds is 6. The van der Waals surface area contributed by atoms with Gasteiger partial charge in [-0.1, -0.05) is 6.42 Å². The average Bonchev–Trinajstić information content (AvgIpc) is 2.29. The van der Waals surface area contributed by atoms with Gasteiger partial charge in [0.2, 0.25) is 0 Å². The molecule has 0 aromatic carbocycles. The number of thioether (sulfide) groups is 1. The smallest absolute Gasteiger partial charge is 0.131 e. The molecule has 0 bridgehead atoms. The van der Waals surface area contributed by atoms with E-state index in [1.165, 1.54) is 19.3 Å². The van der Waals surface area contributed by atoms with E-state index in [9.17, 15) is 0 Å². The highest BCUT2D eigenvalue weighted by Gasteiger charge is 2.35. The summed E-state index contributed by atoms with van der Waals surface area (Å²) < 4.78 is 0.434. The van der Waals surface area contributed by atoms with Crippen LogP contribution in [0.1, 0.15) is 26.2 Å². The zero-order chi connectivity index (χ0) is 12.1. The molecule has 17 heavy (non-hydrogen) atoms. The van der Waals surface area contributed by atoms with Crippen LogP contribution in [0.25, 0.3) is 0 Å². The molecule has 0 atom stereocenters. The normalized spacial score (nSPS) is 17.3. The number of hydrogen-bond acceptors (Lipinski definition) is 5. The van der Waals surface area contributed by atoms with Crippen LogP contribution in [0.4, 0.5) is 11.6 Å². The van der Waals surface area contributed by atoms with Gasteiger partial charge in [0, 0.05) is 23.9 Å². The zero-order valence-corrected chi connectivity index (χ0v) is 11.3. The van der Waals surface area contributed by atoms with Gasteiger partial charge in [0.25, 0.3) is 0 Å². The molecule has 1 heterocycles. The van der Waals surface area contributed by atoms with Crippen LogP contribution < -0.4 is 10.6 Å². The lowest BCUT2D eigenvalue weighted by Crippen LogP contribution is -2.40. The summed E-state index contributed by atoms with van der Waals surface area (Å²) in [5.41, 5.74) is 0. The van der Waals surface area contributed by atoms with Crippen molar-refractivity contribution in [3.05, 3.63) is 12.4 Å². The van der Waals surface area contributed by atoms with Crippen molar-refractivity contribution >= 4 is 23.4 Å². The van der Waals surface area contributed by atoms with Crippen molar-refractivity contribution in [3.63, 3.8) is 0 Å². The molecule has 2 N–H and O–H groups in total. The number of aromatic nitrogens is 2. The molecule has 1 aliphatic rings. The van der Waals surface area contributed by atoms with Crippen LogP contribution in [0.2, 0.25) is 0 Å². The molecule has 0 saturated heterocycles. The fourth-order valence-electron chi connectivity index (χ4n) is 2.01. The van der Waals surface area contributed by atoms with E-state index in [0.29, 0.717) is 4.75 Å². The Morgan fingerprint density at radius 2 is 2.00 bits per heavy atom. The van der Waals surface area contributed by atoms with Crippen LogP contribution in [0.5, 0.6) is 0 Å². The van der Waals surface area contributed by atoms with E-state index in [2.05, 4.69) is 33.8 Å². The number of nitrogens with one attached hydrogen (secondary N) is 2. The third-order valence-electron chi connectivity index (χ3n) is 3.31. The monoisotopic (exact) mass is 252 g/mol. The maximum atomic E-state index is 4.25. The largest absolute Gasteiger partial charge is 0.370 e. The minimum absolute atomic E-state index is 0.434. The van der Waals surface area contributed by atoms with E-state index in [4.69, 9.17) is 0 Å². The predicted molar refractivity (Wildman–Crippen MR) is 74.8 cm³/mol. The molecular weight excluding hydrogens is 232 g/mol. The van der Waals surface area contributed by atoms with Gasteiger partial charge in [-0.2, -0.15) is 11.8 Å². The fraction of sp³-hybridized carbons (Fsp3) is 0.667. The summed E-state index contributed by atoms with van der Waals surface area (Å²) in [5, 5.41) is 6.62. The quantitative estimate of drug-likeness (QED) is 0.815. The molecular formula is C12H20N4S. The van der Waals surface area contributed by atoms with E-state index >= 15 is 0 Å². The Morgan fingerprint density at radius 1 is 1.29 bits per heavy atom. The van der Waals surface area contributed by atoms with Gasteiger partial charge >= 0.3 is 0 Å². The van der Waals surface area contributed by atoms with Crippen molar-refractivity contribution in [2.24, 2.45) is 0 Å². The minimum Gasteiger partial charge on any atom is -0.370 e. The van der Waals surface area contributed by atoms with Gasteiger partial charge < -0.3 is 10.6 Å². The van der Waals surface area contributed by atoms with E-state index in [0.717, 1.165) is 24.7 Å². The zero-order valence-electron chi connectivity index (χ0n) is 10.5. The third kappa shape index (κ3) is 3.03. The Labute approximate surface area is 107 Å². The van der Waals surface area contributed by atoms with Crippen molar-refractivity contribution in [1.29, 1.82) is 0 Å². The number of hydrogen-bond donors (Lipinski definition) is 2. The SMILES string of the molecule is CCNc1cc(NCC2(SC)CCC2)ncn1. The molecule has 4 nitrogen and oxygen atoms in total. The Kier molecular flexibility index (Phi) is 4.10. The second kappa shape index (κ2) is 5.58. The first-order valence-corrected chi connectivity index (χ1v) is 7.35. The fourth-order valence-corrected chi connectivity index (χ4v) is 2.92. The summed E-state index contributed by atoms with van der Waals surface area (Å²) in [6.45, 7) is 3.94. The highest BCUT2D eigenvalue weighted by molar-refractivity contribution is 8.00. The summed E-state index contributed by atoms with van der Waals surface area (Å²) in [6, 6.07) is 1.97. The minimum atomic E-state index is 0.434. The van der Waals surface area contributed by atoms with Crippen LogP contribution in [0.3, 0.4) is 0 Å². The first-order chi connectivity index (χ1) is 8.28. The predicted octanol–water partition coefficient (Wildman–Crippen LogP) is 2.61. The Morgan fingerprint density at radius 3 is 2.53 bits per heavy atom. The van der Waals surface area contributed by atoms with E-state index in [1.807, 2.05) is 17.8 Å². The molecule has 0 spiro atoms. The second-order valence-electron chi connectivity index (χ2n) is 4.41. The van der Waals surface area contributed by atoms with E-state index in [1.54, 1.807) is 6.33 Å². The van der Waals surface area contributed by atoms with Gasteiger partial charge in [0.15, 0.2) is 0 Å². The summed E-state index contributed by atoms with van der Waals surface area (Å²) in [5.74, 6) is 1.80. The van der Waals surface area contributed by atoms with Crippen LogP contribution in [-0.2, 0) is 0 Å². The Bertz CT molecular complexity index is 360. The maximum absolute atomic E-state index is 4.25. The van der Waals surface area contributed by atoms with Crippen LogP contribution in [-0.4, -0.2) is 34.1 Å². The van der Waals surface area contributed by atoms with Crippen molar-refractivity contribution < 1.29 is 0 Å². The topological polar surface area (TPSA) is 49.8 Å². The first-order valence-electron chi connectivity index (χ1n) is 6.13. The lowest BCUT2D eigenvalue weighted by molar-refractivity contribution is 0.379. The van der Waals surface area contributed by atoms with Gasteiger partial charge in [-0.3, -0.25) is 0 Å². The summed E-state index contributed by atoms with van der Waals surface area (Å²) in [6.07, 6.45) is 7.78. The Balaban J connectivity index is 1.92. The van der Waals surface area contributed by atoms with E-state index in [-0.39, 0.29) is 0 Å². The third-order valence-corrected chi connectivity index (χ3v) is 4.73. The van der Waals surface area contributed by atoms with Crippen molar-refractivity contribution in [2.45, 2.75) is 30.9 Å². The first kappa shape index (κ1) is 12.5. The molecule has 5 heteroatoms. The molecule has 0 unspecified atom stereocenters. The number of anilines is 2. The second-order valence-corrected chi connectivity index (χ2v) is 5.69. The van der Waals surface area contributed by atoms with Crippen LogP contribution >= 0.6 is 11.8 Å². The van der Waals surface area contributed by atoms with Gasteiger partial charge in [-0.05, 0) is 26.0 Å². The van der Waals surface area contributed by atoms with Crippen molar-refractivity contribution in [2.75, 3.05) is 30.0 Å². The molecule has 1 fully saturated rings. The summed E-state index contributed by atoms with van der Waals surface area (Å²) in [4.78, 5) is 8.41. The van der Waals surface area contributed by atoms with Gasteiger partial charge in [0.1, 0.15) is 18.0 Å². The lowest BCUT2D eigenvalue weighted by Gasteiger charge is -2.40.